The van der Waals surface area contributed by atoms with E-state index in [-0.39, 0.29) is 5.41 Å². The topological polar surface area (TPSA) is 75.9 Å². The first kappa shape index (κ1) is 16.4. The summed E-state index contributed by atoms with van der Waals surface area (Å²) < 4.78 is 0. The third-order valence-electron chi connectivity index (χ3n) is 4.03. The largest absolute Gasteiger partial charge is 0.366 e. The highest BCUT2D eigenvalue weighted by molar-refractivity contribution is 7.99. The Kier molecular flexibility index (Phi) is 4.99. The van der Waals surface area contributed by atoms with Gasteiger partial charge in [-0.25, -0.2) is 15.8 Å². The van der Waals surface area contributed by atoms with Crippen LogP contribution in [0.5, 0.6) is 0 Å². The molecule has 0 radical (unpaired) electrons. The van der Waals surface area contributed by atoms with E-state index in [1.54, 1.807) is 0 Å². The van der Waals surface area contributed by atoms with Crippen LogP contribution in [0.3, 0.4) is 0 Å². The van der Waals surface area contributed by atoms with Crippen molar-refractivity contribution in [2.24, 2.45) is 5.84 Å². The summed E-state index contributed by atoms with van der Waals surface area (Å²) >= 11 is 1.94. The maximum absolute atomic E-state index is 5.62. The van der Waals surface area contributed by atoms with Crippen LogP contribution in [0.2, 0.25) is 0 Å². The third-order valence-corrected chi connectivity index (χ3v) is 5.20. The Morgan fingerprint density at radius 3 is 2.43 bits per heavy atom. The summed E-state index contributed by atoms with van der Waals surface area (Å²) in [4.78, 5) is 9.30. The number of hydrogen-bond donors (Lipinski definition) is 3. The third kappa shape index (κ3) is 3.61. The normalized spacial score (nSPS) is 22.4. The van der Waals surface area contributed by atoms with Gasteiger partial charge in [-0.15, -0.1) is 0 Å². The molecule has 1 aliphatic rings. The summed E-state index contributed by atoms with van der Waals surface area (Å²) in [5, 5.41) is 4.29. The molecule has 2 rings (SSSR count). The predicted octanol–water partition coefficient (Wildman–Crippen LogP) is 3.06. The summed E-state index contributed by atoms with van der Waals surface area (Å²) in [7, 11) is 0. The van der Waals surface area contributed by atoms with Crippen molar-refractivity contribution in [2.75, 3.05) is 17.0 Å². The van der Waals surface area contributed by atoms with Crippen LogP contribution in [-0.2, 0) is 5.41 Å². The van der Waals surface area contributed by atoms with Gasteiger partial charge in [0.05, 0.1) is 0 Å². The smallest absolute Gasteiger partial charge is 0.148 e. The molecule has 1 aromatic rings. The Balaban J connectivity index is 2.33. The van der Waals surface area contributed by atoms with Crippen molar-refractivity contribution in [1.29, 1.82) is 0 Å². The zero-order valence-corrected chi connectivity index (χ0v) is 14.5. The molecular weight excluding hydrogens is 282 g/mol. The minimum atomic E-state index is -0.107. The number of rotatable bonds is 4. The van der Waals surface area contributed by atoms with Crippen LogP contribution in [0.4, 0.5) is 11.6 Å². The van der Waals surface area contributed by atoms with Gasteiger partial charge in [-0.3, -0.25) is 0 Å². The summed E-state index contributed by atoms with van der Waals surface area (Å²) in [6.07, 6.45) is 5.94. The van der Waals surface area contributed by atoms with Gasteiger partial charge in [0.25, 0.3) is 0 Å². The van der Waals surface area contributed by atoms with Crippen LogP contribution >= 0.6 is 11.8 Å². The molecule has 1 aromatic heterocycles. The molecule has 1 saturated carbocycles. The van der Waals surface area contributed by atoms with Gasteiger partial charge in [-0.2, -0.15) is 11.8 Å². The van der Waals surface area contributed by atoms with Gasteiger partial charge >= 0.3 is 0 Å². The number of aromatic nitrogens is 2. The van der Waals surface area contributed by atoms with E-state index < -0.39 is 0 Å². The highest BCUT2D eigenvalue weighted by Gasteiger charge is 2.28. The van der Waals surface area contributed by atoms with Gasteiger partial charge in [0, 0.05) is 22.3 Å². The average Bonchev–Trinajstić information content (AvgIpc) is 2.87. The van der Waals surface area contributed by atoms with Gasteiger partial charge in [-0.05, 0) is 26.0 Å². The molecule has 2 atom stereocenters. The Morgan fingerprint density at radius 1 is 1.19 bits per heavy atom. The number of nitrogen functional groups attached to an aromatic ring is 1. The fourth-order valence-electron chi connectivity index (χ4n) is 2.68. The number of hydrazine groups is 1. The number of thioether (sulfide) groups is 1. The molecule has 0 saturated heterocycles. The molecule has 0 amide bonds. The Morgan fingerprint density at radius 2 is 1.86 bits per heavy atom. The summed E-state index contributed by atoms with van der Waals surface area (Å²) in [5.74, 6) is 8.04. The maximum Gasteiger partial charge on any atom is 0.148 e. The van der Waals surface area contributed by atoms with Gasteiger partial charge in [0.1, 0.15) is 17.5 Å². The first-order valence-corrected chi connectivity index (χ1v) is 8.80. The lowest BCUT2D eigenvalue weighted by Gasteiger charge is -2.24. The van der Waals surface area contributed by atoms with Crippen LogP contribution in [0, 0.1) is 6.92 Å². The predicted molar refractivity (Wildman–Crippen MR) is 91.8 cm³/mol. The van der Waals surface area contributed by atoms with E-state index in [1.165, 1.54) is 19.3 Å². The van der Waals surface area contributed by atoms with E-state index in [2.05, 4.69) is 42.8 Å². The summed E-state index contributed by atoms with van der Waals surface area (Å²) in [5.41, 5.74) is 3.58. The second-order valence-corrected chi connectivity index (χ2v) is 7.80. The molecular formula is C15H27N5S. The van der Waals surface area contributed by atoms with Crippen molar-refractivity contribution in [1.82, 2.24) is 9.97 Å². The standard InChI is InChI=1S/C15H27N5S/c1-9-12(17-10-7-6-8-11(10)21-5)18-14(15(2,3)4)19-13(9)20-16/h10-11H,6-8,16H2,1-5H3,(H2,17,18,19,20). The minimum absolute atomic E-state index is 0.107. The molecule has 1 fully saturated rings. The van der Waals surface area contributed by atoms with Crippen molar-refractivity contribution in [3.8, 4) is 0 Å². The van der Waals surface area contributed by atoms with Crippen LogP contribution in [0.25, 0.3) is 0 Å². The van der Waals surface area contributed by atoms with Crippen LogP contribution < -0.4 is 16.6 Å². The number of hydrogen-bond acceptors (Lipinski definition) is 6. The second-order valence-electron chi connectivity index (χ2n) is 6.72. The highest BCUT2D eigenvalue weighted by atomic mass is 32.2. The van der Waals surface area contributed by atoms with Crippen molar-refractivity contribution in [3.63, 3.8) is 0 Å². The van der Waals surface area contributed by atoms with Gasteiger partial charge in [0.15, 0.2) is 0 Å². The van der Waals surface area contributed by atoms with E-state index in [0.29, 0.717) is 17.1 Å². The molecule has 5 nitrogen and oxygen atoms in total. The lowest BCUT2D eigenvalue weighted by molar-refractivity contribution is 0.545. The highest BCUT2D eigenvalue weighted by Crippen LogP contribution is 2.32. The molecule has 0 aliphatic heterocycles. The van der Waals surface area contributed by atoms with E-state index in [0.717, 1.165) is 17.2 Å². The zero-order chi connectivity index (χ0) is 15.6. The molecule has 0 aromatic carbocycles. The fraction of sp³-hybridized carbons (Fsp3) is 0.733. The average molecular weight is 309 g/mol. The molecule has 1 heterocycles. The Labute approximate surface area is 131 Å². The molecule has 1 aliphatic carbocycles. The lowest BCUT2D eigenvalue weighted by Crippen LogP contribution is -2.28. The molecule has 2 unspecified atom stereocenters. The molecule has 118 valence electrons. The first-order valence-electron chi connectivity index (χ1n) is 7.52. The summed E-state index contributed by atoms with van der Waals surface area (Å²) in [6.45, 7) is 8.35. The Hall–Kier alpha value is -1.01. The van der Waals surface area contributed by atoms with E-state index in [4.69, 9.17) is 10.8 Å². The monoisotopic (exact) mass is 309 g/mol. The zero-order valence-electron chi connectivity index (χ0n) is 13.7. The van der Waals surface area contributed by atoms with E-state index >= 15 is 0 Å². The van der Waals surface area contributed by atoms with Gasteiger partial charge in [0.2, 0.25) is 0 Å². The molecule has 0 bridgehead atoms. The molecule has 4 N–H and O–H groups in total. The maximum atomic E-state index is 5.62. The quantitative estimate of drug-likeness (QED) is 0.586. The van der Waals surface area contributed by atoms with Gasteiger partial charge in [-0.1, -0.05) is 27.2 Å². The van der Waals surface area contributed by atoms with E-state index in [9.17, 15) is 0 Å². The van der Waals surface area contributed by atoms with Crippen molar-refractivity contribution in [2.45, 2.75) is 63.7 Å². The molecule has 6 heteroatoms. The Bertz CT molecular complexity index is 498. The number of nitrogens with one attached hydrogen (secondary N) is 2. The number of nitrogens with zero attached hydrogens (tertiary/aromatic N) is 2. The fourth-order valence-corrected chi connectivity index (χ4v) is 3.62. The number of anilines is 2. The minimum Gasteiger partial charge on any atom is -0.366 e. The SMILES string of the molecule is CSC1CCCC1Nc1nc(C(C)(C)C)nc(NN)c1C. The first-order chi connectivity index (χ1) is 9.86. The molecule has 21 heavy (non-hydrogen) atoms. The molecule has 0 spiro atoms. The van der Waals surface area contributed by atoms with Crippen LogP contribution in [0.15, 0.2) is 0 Å². The number of nitrogens with two attached hydrogens (primary N) is 1. The van der Waals surface area contributed by atoms with Crippen LogP contribution in [0.1, 0.15) is 51.4 Å². The summed E-state index contributed by atoms with van der Waals surface area (Å²) in [6, 6.07) is 0.479. The van der Waals surface area contributed by atoms with Crippen LogP contribution in [-0.4, -0.2) is 27.5 Å². The second kappa shape index (κ2) is 6.40. The van der Waals surface area contributed by atoms with E-state index in [1.807, 2.05) is 18.7 Å². The lowest BCUT2D eigenvalue weighted by atomic mass is 9.95. The van der Waals surface area contributed by atoms with Gasteiger partial charge < -0.3 is 10.7 Å². The van der Waals surface area contributed by atoms with Crippen molar-refractivity contribution >= 4 is 23.4 Å². The van der Waals surface area contributed by atoms with Crippen molar-refractivity contribution < 1.29 is 0 Å². The van der Waals surface area contributed by atoms with Crippen molar-refractivity contribution in [3.05, 3.63) is 11.4 Å².